The van der Waals surface area contributed by atoms with Crippen LogP contribution in [0.1, 0.15) is 25.2 Å². The summed E-state index contributed by atoms with van der Waals surface area (Å²) in [5.41, 5.74) is 2.20. The molecule has 0 saturated carbocycles. The Bertz CT molecular complexity index is 1120. The van der Waals surface area contributed by atoms with E-state index in [0.29, 0.717) is 41.4 Å². The van der Waals surface area contributed by atoms with E-state index in [-0.39, 0.29) is 17.9 Å². The van der Waals surface area contributed by atoms with Gasteiger partial charge in [0.2, 0.25) is 5.82 Å². The number of benzene rings is 3. The third-order valence-corrected chi connectivity index (χ3v) is 5.72. The lowest BCUT2D eigenvalue weighted by Gasteiger charge is -2.29. The molecule has 1 fully saturated rings. The molecule has 0 atom stereocenters. The van der Waals surface area contributed by atoms with Gasteiger partial charge < -0.3 is 14.2 Å². The standard InChI is InChI=1S/C27H25F3O3/c1-3-13-31-24-12-11-22(25(29)26(24)30)19-7-5-18(6-8-19)21-10-9-20(14-23(21)28)27-32-15-17(4-2)16-33-27/h3,5-12,14,17,27H,1,4,13,15-16H2,2H3. The summed E-state index contributed by atoms with van der Waals surface area (Å²) in [6.45, 7) is 6.82. The molecule has 0 amide bonds. The third-order valence-electron chi connectivity index (χ3n) is 5.72. The average Bonchev–Trinajstić information content (AvgIpc) is 2.85. The van der Waals surface area contributed by atoms with Crippen LogP contribution < -0.4 is 4.74 Å². The van der Waals surface area contributed by atoms with Gasteiger partial charge in [0.25, 0.3) is 0 Å². The molecule has 3 nitrogen and oxygen atoms in total. The fourth-order valence-corrected chi connectivity index (χ4v) is 3.73. The summed E-state index contributed by atoms with van der Waals surface area (Å²) in [7, 11) is 0. The van der Waals surface area contributed by atoms with Gasteiger partial charge in [0.05, 0.1) is 13.2 Å². The fourth-order valence-electron chi connectivity index (χ4n) is 3.73. The summed E-state index contributed by atoms with van der Waals surface area (Å²) in [4.78, 5) is 0. The molecular formula is C27H25F3O3. The van der Waals surface area contributed by atoms with E-state index >= 15 is 0 Å². The van der Waals surface area contributed by atoms with Crippen molar-refractivity contribution < 1.29 is 27.4 Å². The van der Waals surface area contributed by atoms with Crippen LogP contribution in [0, 0.1) is 23.4 Å². The van der Waals surface area contributed by atoms with Gasteiger partial charge in [-0.25, -0.2) is 8.78 Å². The highest BCUT2D eigenvalue weighted by Gasteiger charge is 2.23. The molecular weight excluding hydrogens is 429 g/mol. The quantitative estimate of drug-likeness (QED) is 0.357. The number of hydrogen-bond donors (Lipinski definition) is 0. The zero-order chi connectivity index (χ0) is 23.4. The minimum absolute atomic E-state index is 0.0764. The predicted octanol–water partition coefficient (Wildman–Crippen LogP) is 7.07. The maximum absolute atomic E-state index is 14.9. The van der Waals surface area contributed by atoms with Crippen molar-refractivity contribution >= 4 is 0 Å². The summed E-state index contributed by atoms with van der Waals surface area (Å²) >= 11 is 0. The van der Waals surface area contributed by atoms with E-state index in [1.165, 1.54) is 24.3 Å². The molecule has 33 heavy (non-hydrogen) atoms. The Labute approximate surface area is 191 Å². The Hall–Kier alpha value is -3.09. The summed E-state index contributed by atoms with van der Waals surface area (Å²) in [5.74, 6) is -2.29. The first-order valence-electron chi connectivity index (χ1n) is 10.9. The first-order valence-corrected chi connectivity index (χ1v) is 10.9. The first-order chi connectivity index (χ1) is 16.0. The molecule has 172 valence electrons. The molecule has 0 spiro atoms. The largest absolute Gasteiger partial charge is 0.486 e. The van der Waals surface area contributed by atoms with Crippen molar-refractivity contribution in [3.8, 4) is 28.0 Å². The molecule has 3 aromatic rings. The van der Waals surface area contributed by atoms with E-state index in [9.17, 15) is 13.2 Å². The van der Waals surface area contributed by atoms with Crippen LogP contribution in [0.3, 0.4) is 0 Å². The summed E-state index contributed by atoms with van der Waals surface area (Å²) in [5, 5.41) is 0. The highest BCUT2D eigenvalue weighted by molar-refractivity contribution is 5.71. The second kappa shape index (κ2) is 10.2. The Balaban J connectivity index is 1.53. The van der Waals surface area contributed by atoms with E-state index in [4.69, 9.17) is 14.2 Å². The minimum atomic E-state index is -1.06. The van der Waals surface area contributed by atoms with Crippen molar-refractivity contribution in [3.63, 3.8) is 0 Å². The van der Waals surface area contributed by atoms with Crippen molar-refractivity contribution in [1.82, 2.24) is 0 Å². The van der Waals surface area contributed by atoms with Crippen molar-refractivity contribution in [1.29, 1.82) is 0 Å². The van der Waals surface area contributed by atoms with Gasteiger partial charge in [-0.1, -0.05) is 56.0 Å². The molecule has 0 unspecified atom stereocenters. The molecule has 1 heterocycles. The molecule has 0 aromatic heterocycles. The van der Waals surface area contributed by atoms with Gasteiger partial charge in [-0.05, 0) is 35.7 Å². The van der Waals surface area contributed by atoms with Crippen LogP contribution in [-0.4, -0.2) is 19.8 Å². The topological polar surface area (TPSA) is 27.7 Å². The molecule has 6 heteroatoms. The number of halogens is 3. The molecule has 3 aromatic carbocycles. The van der Waals surface area contributed by atoms with Gasteiger partial charge in [-0.3, -0.25) is 0 Å². The van der Waals surface area contributed by atoms with Crippen LogP contribution in [0.4, 0.5) is 13.2 Å². The van der Waals surface area contributed by atoms with Gasteiger partial charge in [0.15, 0.2) is 17.9 Å². The Morgan fingerprint density at radius 2 is 1.55 bits per heavy atom. The lowest BCUT2D eigenvalue weighted by Crippen LogP contribution is -2.26. The number of ether oxygens (including phenoxy) is 3. The summed E-state index contributed by atoms with van der Waals surface area (Å²) in [6.07, 6.45) is 1.85. The molecule has 0 N–H and O–H groups in total. The number of hydrogen-bond acceptors (Lipinski definition) is 3. The van der Waals surface area contributed by atoms with Crippen LogP contribution in [0.5, 0.6) is 5.75 Å². The zero-order valence-electron chi connectivity index (χ0n) is 18.3. The summed E-state index contributed by atoms with van der Waals surface area (Å²) < 4.78 is 60.3. The average molecular weight is 454 g/mol. The van der Waals surface area contributed by atoms with Crippen molar-refractivity contribution in [3.05, 3.63) is 90.3 Å². The van der Waals surface area contributed by atoms with Gasteiger partial charge in [-0.15, -0.1) is 0 Å². The van der Waals surface area contributed by atoms with Gasteiger partial charge in [0.1, 0.15) is 12.4 Å². The van der Waals surface area contributed by atoms with E-state index in [1.807, 2.05) is 0 Å². The minimum Gasteiger partial charge on any atom is -0.486 e. The van der Waals surface area contributed by atoms with Gasteiger partial charge in [0, 0.05) is 22.6 Å². The van der Waals surface area contributed by atoms with Crippen LogP contribution in [-0.2, 0) is 9.47 Å². The molecule has 4 rings (SSSR count). The molecule has 0 aliphatic carbocycles. The smallest absolute Gasteiger partial charge is 0.201 e. The van der Waals surface area contributed by atoms with E-state index < -0.39 is 23.7 Å². The Morgan fingerprint density at radius 1 is 0.909 bits per heavy atom. The van der Waals surface area contributed by atoms with Crippen LogP contribution in [0.2, 0.25) is 0 Å². The molecule has 0 bridgehead atoms. The van der Waals surface area contributed by atoms with Crippen LogP contribution in [0.25, 0.3) is 22.3 Å². The highest BCUT2D eigenvalue weighted by atomic mass is 19.2. The van der Waals surface area contributed by atoms with Crippen molar-refractivity contribution in [2.45, 2.75) is 19.6 Å². The molecule has 1 aliphatic rings. The summed E-state index contributed by atoms with van der Waals surface area (Å²) in [6, 6.07) is 14.3. The second-order valence-electron chi connectivity index (χ2n) is 7.93. The van der Waals surface area contributed by atoms with E-state index in [0.717, 1.165) is 6.42 Å². The SMILES string of the molecule is C=CCOc1ccc(-c2ccc(-c3ccc(C4OCC(CC)CO4)cc3F)cc2)c(F)c1F. The first kappa shape index (κ1) is 23.1. The lowest BCUT2D eigenvalue weighted by molar-refractivity contribution is -0.205. The van der Waals surface area contributed by atoms with E-state index in [2.05, 4.69) is 13.5 Å². The maximum atomic E-state index is 14.9. The van der Waals surface area contributed by atoms with Crippen LogP contribution >= 0.6 is 0 Å². The lowest BCUT2D eigenvalue weighted by atomic mass is 9.98. The number of rotatable bonds is 7. The molecule has 0 radical (unpaired) electrons. The van der Waals surface area contributed by atoms with Crippen molar-refractivity contribution in [2.75, 3.05) is 19.8 Å². The monoisotopic (exact) mass is 454 g/mol. The predicted molar refractivity (Wildman–Crippen MR) is 121 cm³/mol. The third kappa shape index (κ3) is 4.97. The maximum Gasteiger partial charge on any atom is 0.201 e. The Kier molecular flexibility index (Phi) is 7.16. The fraction of sp³-hybridized carbons (Fsp3) is 0.259. The molecule has 1 saturated heterocycles. The second-order valence-corrected chi connectivity index (χ2v) is 7.93. The molecule has 1 aliphatic heterocycles. The van der Waals surface area contributed by atoms with Crippen LogP contribution in [0.15, 0.2) is 67.3 Å². The van der Waals surface area contributed by atoms with Gasteiger partial charge in [-0.2, -0.15) is 4.39 Å². The zero-order valence-corrected chi connectivity index (χ0v) is 18.3. The van der Waals surface area contributed by atoms with Crippen molar-refractivity contribution in [2.24, 2.45) is 5.92 Å². The normalized spacial score (nSPS) is 18.2. The Morgan fingerprint density at radius 3 is 2.15 bits per heavy atom. The highest BCUT2D eigenvalue weighted by Crippen LogP contribution is 2.33. The van der Waals surface area contributed by atoms with Gasteiger partial charge >= 0.3 is 0 Å². The van der Waals surface area contributed by atoms with E-state index in [1.54, 1.807) is 36.4 Å².